The van der Waals surface area contributed by atoms with Crippen molar-refractivity contribution in [3.63, 3.8) is 0 Å². The van der Waals surface area contributed by atoms with Gasteiger partial charge in [-0.15, -0.1) is 0 Å². The number of amides is 3. The lowest BCUT2D eigenvalue weighted by Crippen LogP contribution is -2.46. The van der Waals surface area contributed by atoms with Gasteiger partial charge in [0.2, 0.25) is 5.91 Å². The van der Waals surface area contributed by atoms with Gasteiger partial charge in [-0.3, -0.25) is 19.3 Å². The van der Waals surface area contributed by atoms with Gasteiger partial charge in [0.05, 0.1) is 28.3 Å². The Morgan fingerprint density at radius 2 is 1.97 bits per heavy atom. The van der Waals surface area contributed by atoms with Crippen LogP contribution in [0.1, 0.15) is 18.1 Å². The van der Waals surface area contributed by atoms with Crippen LogP contribution >= 0.6 is 34.4 Å². The number of nitrogens with zero attached hydrogens (tertiary/aromatic N) is 2. The maximum Gasteiger partial charge on any atom is 0.294 e. The number of benzene rings is 2. The monoisotopic (exact) mass is 626 g/mol. The van der Waals surface area contributed by atoms with Gasteiger partial charge in [0.25, 0.3) is 11.1 Å². The lowest BCUT2D eigenvalue weighted by atomic mass is 10.1. The first-order chi connectivity index (χ1) is 17.4. The van der Waals surface area contributed by atoms with Crippen molar-refractivity contribution >= 4 is 57.5 Å². The van der Waals surface area contributed by atoms with E-state index in [-0.39, 0.29) is 29.8 Å². The van der Waals surface area contributed by atoms with Gasteiger partial charge in [0.1, 0.15) is 19.0 Å². The summed E-state index contributed by atoms with van der Waals surface area (Å²) < 4.78 is 31.2. The van der Waals surface area contributed by atoms with Crippen LogP contribution in [-0.2, 0) is 20.9 Å². The molecule has 8 nitrogen and oxygen atoms in total. The van der Waals surface area contributed by atoms with E-state index in [4.69, 9.17) is 14.2 Å². The van der Waals surface area contributed by atoms with Gasteiger partial charge in [-0.05, 0) is 82.7 Å². The maximum atomic E-state index is 13.5. The molecule has 0 spiro atoms. The number of rotatable bonds is 8. The van der Waals surface area contributed by atoms with Crippen LogP contribution in [0.15, 0.2) is 41.3 Å². The molecule has 4 rings (SSSR count). The zero-order valence-electron chi connectivity index (χ0n) is 19.5. The molecule has 0 saturated carbocycles. The van der Waals surface area contributed by atoms with Crippen molar-refractivity contribution in [2.75, 3.05) is 39.5 Å². The van der Waals surface area contributed by atoms with Gasteiger partial charge in [0.15, 0.2) is 11.5 Å². The molecule has 2 aliphatic rings. The lowest BCUT2D eigenvalue weighted by Gasteiger charge is -2.28. The molecule has 2 saturated heterocycles. The molecular formula is C25H24FIN2O6S. The Hall–Kier alpha value is -2.64. The molecule has 2 heterocycles. The summed E-state index contributed by atoms with van der Waals surface area (Å²) in [6, 6.07) is 9.68. The van der Waals surface area contributed by atoms with E-state index in [0.717, 1.165) is 20.2 Å². The van der Waals surface area contributed by atoms with Gasteiger partial charge in [-0.2, -0.15) is 0 Å². The first kappa shape index (κ1) is 26.4. The quantitative estimate of drug-likeness (QED) is 0.319. The predicted molar refractivity (Wildman–Crippen MR) is 141 cm³/mol. The summed E-state index contributed by atoms with van der Waals surface area (Å²) >= 11 is 2.90. The molecule has 2 fully saturated rings. The summed E-state index contributed by atoms with van der Waals surface area (Å²) in [7, 11) is 0. The van der Waals surface area contributed by atoms with Crippen molar-refractivity contribution in [2.45, 2.75) is 13.5 Å². The van der Waals surface area contributed by atoms with Crippen molar-refractivity contribution in [2.24, 2.45) is 0 Å². The van der Waals surface area contributed by atoms with E-state index >= 15 is 0 Å². The second kappa shape index (κ2) is 12.1. The highest BCUT2D eigenvalue weighted by molar-refractivity contribution is 14.1. The SMILES string of the molecule is CCOc1cc(/C=C2/SC(=O)N(CC(=O)N3CCOCC3)C2=O)cc(I)c1OCc1cccc(F)c1. The number of halogens is 2. The van der Waals surface area contributed by atoms with Gasteiger partial charge in [-0.1, -0.05) is 12.1 Å². The highest BCUT2D eigenvalue weighted by Gasteiger charge is 2.37. The minimum atomic E-state index is -0.508. The molecule has 11 heteroatoms. The van der Waals surface area contributed by atoms with E-state index in [1.165, 1.54) is 12.1 Å². The largest absolute Gasteiger partial charge is 0.490 e. The Morgan fingerprint density at radius 1 is 1.19 bits per heavy atom. The number of ether oxygens (including phenoxy) is 3. The second-order valence-electron chi connectivity index (χ2n) is 7.94. The fourth-order valence-electron chi connectivity index (χ4n) is 3.69. The Bertz CT molecular complexity index is 1200. The highest BCUT2D eigenvalue weighted by Crippen LogP contribution is 2.38. The molecule has 2 aromatic rings. The molecule has 36 heavy (non-hydrogen) atoms. The summed E-state index contributed by atoms with van der Waals surface area (Å²) in [6.45, 7) is 3.85. The number of hydrogen-bond acceptors (Lipinski definition) is 7. The molecule has 3 amide bonds. The van der Waals surface area contributed by atoms with Crippen molar-refractivity contribution < 1.29 is 33.0 Å². The first-order valence-corrected chi connectivity index (χ1v) is 13.2. The first-order valence-electron chi connectivity index (χ1n) is 11.3. The van der Waals surface area contributed by atoms with Crippen LogP contribution in [0.3, 0.4) is 0 Å². The van der Waals surface area contributed by atoms with E-state index in [1.54, 1.807) is 35.2 Å². The summed E-state index contributed by atoms with van der Waals surface area (Å²) in [4.78, 5) is 40.7. The van der Waals surface area contributed by atoms with Crippen molar-refractivity contribution in [3.8, 4) is 11.5 Å². The van der Waals surface area contributed by atoms with E-state index in [0.29, 0.717) is 55.5 Å². The smallest absolute Gasteiger partial charge is 0.294 e. The topological polar surface area (TPSA) is 85.4 Å². The Labute approximate surface area is 225 Å². The van der Waals surface area contributed by atoms with E-state index < -0.39 is 11.1 Å². The van der Waals surface area contributed by atoms with Crippen molar-refractivity contribution in [1.82, 2.24) is 9.80 Å². The van der Waals surface area contributed by atoms with Gasteiger partial charge >= 0.3 is 0 Å². The predicted octanol–water partition coefficient (Wildman–Crippen LogP) is 4.30. The number of morpholine rings is 1. The third kappa shape index (κ3) is 6.37. The standard InChI is InChI=1S/C25H24FIN2O6S/c1-2-34-20-12-17(11-19(27)23(20)35-15-16-4-3-5-18(26)10-16)13-21-24(31)29(25(32)36-21)14-22(30)28-6-8-33-9-7-28/h3-5,10-13H,2,6-9,14-15H2,1H3/b21-13+. The maximum absolute atomic E-state index is 13.5. The van der Waals surface area contributed by atoms with E-state index in [1.807, 2.05) is 6.92 Å². The molecule has 2 aromatic carbocycles. The molecule has 0 unspecified atom stereocenters. The van der Waals surface area contributed by atoms with Crippen LogP contribution in [0.5, 0.6) is 11.5 Å². The Morgan fingerprint density at radius 3 is 2.69 bits per heavy atom. The molecule has 0 aliphatic carbocycles. The van der Waals surface area contributed by atoms with Gasteiger partial charge in [0, 0.05) is 13.1 Å². The van der Waals surface area contributed by atoms with Crippen LogP contribution in [0, 0.1) is 9.39 Å². The molecule has 0 bridgehead atoms. The third-order valence-corrected chi connectivity index (χ3v) is 7.14. The van der Waals surface area contributed by atoms with E-state index in [9.17, 15) is 18.8 Å². The number of carbonyl (C=O) groups excluding carboxylic acids is 3. The summed E-state index contributed by atoms with van der Waals surface area (Å²) in [5.41, 5.74) is 1.32. The summed E-state index contributed by atoms with van der Waals surface area (Å²) in [6.07, 6.45) is 1.60. The number of carbonyl (C=O) groups is 3. The second-order valence-corrected chi connectivity index (χ2v) is 10.1. The molecule has 0 atom stereocenters. The van der Waals surface area contributed by atoms with Crippen LogP contribution in [0.4, 0.5) is 9.18 Å². The van der Waals surface area contributed by atoms with Crippen LogP contribution in [0.25, 0.3) is 6.08 Å². The minimum absolute atomic E-state index is 0.156. The summed E-state index contributed by atoms with van der Waals surface area (Å²) in [5, 5.41) is -0.484. The van der Waals surface area contributed by atoms with Crippen molar-refractivity contribution in [1.29, 1.82) is 0 Å². The van der Waals surface area contributed by atoms with Gasteiger partial charge in [-0.25, -0.2) is 4.39 Å². The number of hydrogen-bond donors (Lipinski definition) is 0. The zero-order chi connectivity index (χ0) is 25.7. The van der Waals surface area contributed by atoms with Crippen LogP contribution in [-0.4, -0.2) is 66.3 Å². The Kier molecular flexibility index (Phi) is 8.86. The molecule has 0 aromatic heterocycles. The molecular weight excluding hydrogens is 602 g/mol. The minimum Gasteiger partial charge on any atom is -0.490 e. The molecule has 190 valence electrons. The Balaban J connectivity index is 1.50. The van der Waals surface area contributed by atoms with Crippen molar-refractivity contribution in [3.05, 3.63) is 61.8 Å². The summed E-state index contributed by atoms with van der Waals surface area (Å²) in [5.74, 6) is -0.163. The molecule has 0 N–H and O–H groups in total. The lowest BCUT2D eigenvalue weighted by molar-refractivity contribution is -0.139. The normalized spacial score (nSPS) is 17.1. The number of imide groups is 1. The van der Waals surface area contributed by atoms with Gasteiger partial charge < -0.3 is 19.1 Å². The average molecular weight is 626 g/mol. The average Bonchev–Trinajstić information content (AvgIpc) is 3.11. The zero-order valence-corrected chi connectivity index (χ0v) is 22.5. The third-order valence-electron chi connectivity index (χ3n) is 5.43. The number of thioether (sulfide) groups is 1. The van der Waals surface area contributed by atoms with Crippen LogP contribution < -0.4 is 9.47 Å². The van der Waals surface area contributed by atoms with Crippen LogP contribution in [0.2, 0.25) is 0 Å². The fourth-order valence-corrected chi connectivity index (χ4v) is 5.31. The highest BCUT2D eigenvalue weighted by atomic mass is 127. The fraction of sp³-hybridized carbons (Fsp3) is 0.320. The van der Waals surface area contributed by atoms with E-state index in [2.05, 4.69) is 22.6 Å². The molecule has 0 radical (unpaired) electrons. The molecule has 2 aliphatic heterocycles.